The minimum absolute atomic E-state index is 0.00922. The summed E-state index contributed by atoms with van der Waals surface area (Å²) in [6.07, 6.45) is -5.46. The number of alkyl halides is 6. The lowest BCUT2D eigenvalue weighted by atomic mass is 9.74. The third-order valence-corrected chi connectivity index (χ3v) is 21.2. The second kappa shape index (κ2) is 34.9. The molecule has 2 aliphatic carbocycles. The van der Waals surface area contributed by atoms with Gasteiger partial charge in [-0.1, -0.05) is 64.3 Å². The zero-order chi connectivity index (χ0) is 77.2. The van der Waals surface area contributed by atoms with Crippen LogP contribution < -0.4 is 16.0 Å². The van der Waals surface area contributed by atoms with Gasteiger partial charge in [-0.3, -0.25) is 57.5 Å². The van der Waals surface area contributed by atoms with Crippen LogP contribution in [0.1, 0.15) is 146 Å². The Morgan fingerprint density at radius 2 is 1.24 bits per heavy atom. The van der Waals surface area contributed by atoms with Crippen LogP contribution in [0.25, 0.3) is 0 Å². The predicted octanol–water partition coefficient (Wildman–Crippen LogP) is 5.48. The standard InChI is InChI=1S/C72H98F8N12O12/c1-12-42(3)59-67(102)86(7)41-57(95)88(9)52-25-15-14-19-34-92(66(52)101)54(38-43-26-29-46(30-27-43)71(75,76)77)65(100)85(6)40-55(93)81-49(31-28-44-36-47(73)58(48(74)37-44)72(78,79)80)63(98)91-35-20-18-24-51(91)62(97)83-70(32-21-33-70)69(104)90(11)60(45-22-16-17-23-45)68(103)89(10)53(64(99)84(4)5)39-56(94)87(8)50(13-2)61(96)82-59/h14-15,26-27,29-30,36-37,42,45,49-54,59-60H,12-13,16-25,28,31-35,38-41H2,1-11H3,(H,81,93)(H,82,96)(H,83,97)/b15-14-/t42-,49-,50-,51-,52-,53-,54-,59-,60-/m0/s1. The average molecular weight is 1480 g/mol. The highest BCUT2D eigenvalue weighted by Crippen LogP contribution is 2.39. The topological polar surface area (TPSA) is 270 Å². The molecule has 104 heavy (non-hydrogen) atoms. The van der Waals surface area contributed by atoms with Crippen molar-refractivity contribution in [3.05, 3.63) is 82.4 Å². The van der Waals surface area contributed by atoms with Gasteiger partial charge in [-0.2, -0.15) is 26.3 Å². The lowest BCUT2D eigenvalue weighted by Crippen LogP contribution is -2.69. The molecule has 24 nitrogen and oxygen atoms in total. The molecule has 2 bridgehead atoms. The van der Waals surface area contributed by atoms with Crippen LogP contribution in [0.15, 0.2) is 48.6 Å². The predicted molar refractivity (Wildman–Crippen MR) is 363 cm³/mol. The van der Waals surface area contributed by atoms with Crippen LogP contribution in [0.2, 0.25) is 0 Å². The zero-order valence-electron chi connectivity index (χ0n) is 60.9. The van der Waals surface area contributed by atoms with E-state index in [1.54, 1.807) is 32.9 Å². The van der Waals surface area contributed by atoms with E-state index in [1.807, 2.05) is 0 Å². The first-order valence-electron chi connectivity index (χ1n) is 35.4. The molecule has 9 atom stereocenters. The van der Waals surface area contributed by atoms with Crippen LogP contribution >= 0.6 is 0 Å². The van der Waals surface area contributed by atoms with Gasteiger partial charge in [-0.05, 0) is 131 Å². The monoisotopic (exact) mass is 1470 g/mol. The Morgan fingerprint density at radius 3 is 1.81 bits per heavy atom. The molecular formula is C72H98F8N12O12. The van der Waals surface area contributed by atoms with Crippen molar-refractivity contribution in [1.29, 1.82) is 0 Å². The summed E-state index contributed by atoms with van der Waals surface area (Å²) in [7, 11) is 10.7. The van der Waals surface area contributed by atoms with Crippen molar-refractivity contribution in [3.63, 3.8) is 0 Å². The Hall–Kier alpha value is -8.74. The van der Waals surface area contributed by atoms with Crippen molar-refractivity contribution in [2.24, 2.45) is 11.8 Å². The lowest BCUT2D eigenvalue weighted by Gasteiger charge is -2.47. The van der Waals surface area contributed by atoms with Gasteiger partial charge in [0.2, 0.25) is 70.9 Å². The number of hydrogen-bond acceptors (Lipinski definition) is 12. The number of carbonyl (C=O) groups excluding carboxylic acids is 12. The molecule has 574 valence electrons. The largest absolute Gasteiger partial charge is 0.422 e. The highest BCUT2D eigenvalue weighted by Gasteiger charge is 2.53. The fourth-order valence-corrected chi connectivity index (χ4v) is 14.6. The highest BCUT2D eigenvalue weighted by molar-refractivity contribution is 6.01. The molecule has 2 saturated carbocycles. The Bertz CT molecular complexity index is 3530. The molecule has 5 aliphatic rings. The molecular weight excluding hydrogens is 1380 g/mol. The number of aryl methyl sites for hydroxylation is 1. The molecule has 1 spiro atoms. The van der Waals surface area contributed by atoms with Crippen LogP contribution in [0.3, 0.4) is 0 Å². The second-order valence-electron chi connectivity index (χ2n) is 28.5. The molecule has 0 aromatic heterocycles. The van der Waals surface area contributed by atoms with Crippen LogP contribution in [-0.4, -0.2) is 251 Å². The first kappa shape index (κ1) is 82.5. The molecule has 2 aromatic rings. The maximum absolute atomic E-state index is 15.4. The summed E-state index contributed by atoms with van der Waals surface area (Å²) in [4.78, 5) is 189. The Morgan fingerprint density at radius 1 is 0.625 bits per heavy atom. The molecule has 0 unspecified atom stereocenters. The SMILES string of the molecule is CC[C@H](C)[C@@H]1NC(=O)[C@H](CC)N(C)C(=O)C[C@@H](C(=O)N(C)C)N(C)C(=O)[C@H](C2CCCC2)N(C)C(=O)C2(CCC2)NC(=O)[C@@H]2CCCCN2C(=O)[C@H](CCc2cc(F)c(C(F)(F)F)c(F)c2)NC(=O)CN(C)C(=O)[C@H](Cc2ccc(C(F)(F)F)cc2)N2CC/C=C\C[C@@H](C2=O)N(C)C(=O)CN(C)C1=O. The molecule has 3 heterocycles. The molecule has 32 heteroatoms. The van der Waals surface area contributed by atoms with Crippen molar-refractivity contribution in [2.45, 2.75) is 203 Å². The van der Waals surface area contributed by atoms with Crippen molar-refractivity contribution >= 4 is 70.9 Å². The molecule has 4 fully saturated rings. The van der Waals surface area contributed by atoms with Crippen LogP contribution in [0, 0.1) is 23.5 Å². The van der Waals surface area contributed by atoms with E-state index in [9.17, 15) is 55.1 Å². The fraction of sp³-hybridized carbons (Fsp3) is 0.639. The third kappa shape index (κ3) is 19.2. The van der Waals surface area contributed by atoms with Gasteiger partial charge in [-0.25, -0.2) is 8.78 Å². The Balaban J connectivity index is 1.32. The normalized spacial score (nSPS) is 26.0. The van der Waals surface area contributed by atoms with Gasteiger partial charge in [0.05, 0.1) is 25.1 Å². The number of halogens is 8. The van der Waals surface area contributed by atoms with Gasteiger partial charge >= 0.3 is 12.4 Å². The highest BCUT2D eigenvalue weighted by atomic mass is 19.4. The minimum atomic E-state index is -5.44. The maximum atomic E-state index is 15.4. The first-order valence-corrected chi connectivity index (χ1v) is 35.4. The van der Waals surface area contributed by atoms with Crippen LogP contribution in [-0.2, 0) is 82.7 Å². The van der Waals surface area contributed by atoms with E-state index in [0.29, 0.717) is 57.1 Å². The average Bonchev–Trinajstić information content (AvgIpc) is 0.943. The molecule has 12 amide bonds. The minimum Gasteiger partial charge on any atom is -0.347 e. The smallest absolute Gasteiger partial charge is 0.347 e. The number of likely N-dealkylation sites (N-methyl/N-ethyl adjacent to an activating group) is 7. The summed E-state index contributed by atoms with van der Waals surface area (Å²) >= 11 is 0. The molecule has 0 radical (unpaired) electrons. The number of hydrogen-bond donors (Lipinski definition) is 3. The maximum Gasteiger partial charge on any atom is 0.422 e. The summed E-state index contributed by atoms with van der Waals surface area (Å²) in [5.74, 6) is -14.8. The number of nitrogens with one attached hydrogen (secondary N) is 3. The molecule has 3 aliphatic heterocycles. The van der Waals surface area contributed by atoms with E-state index in [-0.39, 0.29) is 69.2 Å². The second-order valence-corrected chi connectivity index (χ2v) is 28.5. The van der Waals surface area contributed by atoms with E-state index in [0.717, 1.165) is 65.6 Å². The van der Waals surface area contributed by atoms with E-state index < -0.39 is 210 Å². The van der Waals surface area contributed by atoms with Gasteiger partial charge in [0.15, 0.2) is 0 Å². The van der Waals surface area contributed by atoms with Crippen molar-refractivity contribution in [1.82, 2.24) is 60.0 Å². The third-order valence-electron chi connectivity index (χ3n) is 21.2. The van der Waals surface area contributed by atoms with E-state index in [4.69, 9.17) is 0 Å². The number of rotatable bonds is 10. The number of nitrogens with zero attached hydrogens (tertiary/aromatic N) is 9. The lowest BCUT2D eigenvalue weighted by molar-refractivity contribution is -0.158. The summed E-state index contributed by atoms with van der Waals surface area (Å²) in [6.45, 7) is 3.07. The van der Waals surface area contributed by atoms with Crippen LogP contribution in [0.5, 0.6) is 0 Å². The van der Waals surface area contributed by atoms with E-state index in [1.165, 1.54) is 59.1 Å². The summed E-state index contributed by atoms with van der Waals surface area (Å²) in [6, 6.07) is -6.97. The van der Waals surface area contributed by atoms with Gasteiger partial charge in [0.1, 0.15) is 71.1 Å². The Kier molecular flexibility index (Phi) is 27.7. The van der Waals surface area contributed by atoms with E-state index >= 15 is 37.5 Å². The van der Waals surface area contributed by atoms with Crippen molar-refractivity contribution in [3.8, 4) is 0 Å². The van der Waals surface area contributed by atoms with Crippen molar-refractivity contribution < 1.29 is 92.7 Å². The summed E-state index contributed by atoms with van der Waals surface area (Å²) in [5, 5.41) is 8.23. The van der Waals surface area contributed by atoms with Gasteiger partial charge in [0.25, 0.3) is 0 Å². The molecule has 3 N–H and O–H groups in total. The number of carbonyl (C=O) groups is 12. The summed E-state index contributed by atoms with van der Waals surface area (Å²) < 4.78 is 113. The first-order chi connectivity index (χ1) is 48.8. The molecule has 7 rings (SSSR count). The quantitative estimate of drug-likeness (QED) is 0.197. The summed E-state index contributed by atoms with van der Waals surface area (Å²) in [5.41, 5.74) is -5.14. The van der Waals surface area contributed by atoms with Crippen LogP contribution in [0.4, 0.5) is 35.1 Å². The Labute approximate surface area is 600 Å². The number of amides is 12. The number of piperidine rings is 1. The van der Waals surface area contributed by atoms with Gasteiger partial charge < -0.3 is 60.0 Å². The molecule has 2 aromatic carbocycles. The zero-order valence-corrected chi connectivity index (χ0v) is 60.9. The van der Waals surface area contributed by atoms with E-state index in [2.05, 4.69) is 16.0 Å². The van der Waals surface area contributed by atoms with Gasteiger partial charge in [0, 0.05) is 75.9 Å². The number of fused-ring (bicyclic) bond motifs is 3. The fourth-order valence-electron chi connectivity index (χ4n) is 14.6. The van der Waals surface area contributed by atoms with Crippen molar-refractivity contribution in [2.75, 3.05) is 82.6 Å². The number of benzene rings is 2. The molecule has 2 saturated heterocycles. The van der Waals surface area contributed by atoms with Gasteiger partial charge in [-0.15, -0.1) is 0 Å².